The number of hydrogen-bond donors (Lipinski definition) is 1. The molecule has 6 heteroatoms. The zero-order chi connectivity index (χ0) is 22.3. The number of carbonyl (C=O) groups is 2. The quantitative estimate of drug-likeness (QED) is 0.541. The van der Waals surface area contributed by atoms with E-state index in [2.05, 4.69) is 36.5 Å². The van der Waals surface area contributed by atoms with Crippen LogP contribution in [-0.4, -0.2) is 43.0 Å². The van der Waals surface area contributed by atoms with Gasteiger partial charge in [-0.3, -0.25) is 9.59 Å². The highest BCUT2D eigenvalue weighted by Crippen LogP contribution is 2.24. The van der Waals surface area contributed by atoms with Gasteiger partial charge in [0.2, 0.25) is 0 Å². The Morgan fingerprint density at radius 1 is 0.938 bits per heavy atom. The molecule has 0 unspecified atom stereocenters. The molecule has 3 aromatic rings. The largest absolute Gasteiger partial charge is 0.378 e. The predicted octanol–water partition coefficient (Wildman–Crippen LogP) is 5.01. The van der Waals surface area contributed by atoms with Crippen molar-refractivity contribution >= 4 is 29.3 Å². The van der Waals surface area contributed by atoms with Crippen LogP contribution in [0.3, 0.4) is 0 Å². The minimum Gasteiger partial charge on any atom is -0.378 e. The van der Waals surface area contributed by atoms with Crippen molar-refractivity contribution in [1.82, 2.24) is 4.90 Å². The lowest BCUT2D eigenvalue weighted by molar-refractivity contribution is 0.0303. The average molecular weight is 447 g/mol. The summed E-state index contributed by atoms with van der Waals surface area (Å²) in [5, 5.41) is 2.91. The molecule has 1 fully saturated rings. The molecule has 32 heavy (non-hydrogen) atoms. The summed E-state index contributed by atoms with van der Waals surface area (Å²) in [5.74, 6) is 0.514. The van der Waals surface area contributed by atoms with E-state index in [1.54, 1.807) is 28.8 Å². The van der Waals surface area contributed by atoms with Crippen molar-refractivity contribution in [1.29, 1.82) is 0 Å². The van der Waals surface area contributed by atoms with Crippen LogP contribution < -0.4 is 5.32 Å². The lowest BCUT2D eigenvalue weighted by atomic mass is 10.1. The first-order valence-corrected chi connectivity index (χ1v) is 11.6. The highest BCUT2D eigenvalue weighted by molar-refractivity contribution is 7.98. The van der Waals surface area contributed by atoms with Crippen LogP contribution in [0.15, 0.2) is 77.7 Å². The highest BCUT2D eigenvalue weighted by atomic mass is 32.2. The number of para-hydroxylation sites is 1. The molecule has 0 aliphatic carbocycles. The summed E-state index contributed by atoms with van der Waals surface area (Å²) in [6.07, 6.45) is 0. The van der Waals surface area contributed by atoms with Crippen LogP contribution in [0.1, 0.15) is 31.8 Å². The predicted molar refractivity (Wildman–Crippen MR) is 128 cm³/mol. The van der Waals surface area contributed by atoms with E-state index in [0.29, 0.717) is 43.1 Å². The summed E-state index contributed by atoms with van der Waals surface area (Å²) in [7, 11) is 0. The molecular weight excluding hydrogens is 420 g/mol. The fourth-order valence-corrected chi connectivity index (χ4v) is 4.32. The van der Waals surface area contributed by atoms with Gasteiger partial charge in [0, 0.05) is 29.3 Å². The third kappa shape index (κ3) is 5.58. The molecule has 1 saturated heterocycles. The number of benzene rings is 3. The van der Waals surface area contributed by atoms with Gasteiger partial charge < -0.3 is 15.0 Å². The van der Waals surface area contributed by atoms with E-state index in [1.165, 1.54) is 10.5 Å². The number of thioether (sulfide) groups is 1. The normalized spacial score (nSPS) is 13.6. The van der Waals surface area contributed by atoms with Crippen LogP contribution in [-0.2, 0) is 10.5 Å². The van der Waals surface area contributed by atoms with Crippen molar-refractivity contribution in [2.45, 2.75) is 17.6 Å². The number of morpholine rings is 1. The summed E-state index contributed by atoms with van der Waals surface area (Å²) in [4.78, 5) is 28.7. The van der Waals surface area contributed by atoms with Crippen molar-refractivity contribution in [3.63, 3.8) is 0 Å². The molecule has 5 nitrogen and oxygen atoms in total. The maximum absolute atomic E-state index is 12.9. The molecule has 1 N–H and O–H groups in total. The molecule has 4 rings (SSSR count). The molecule has 0 radical (unpaired) electrons. The van der Waals surface area contributed by atoms with Gasteiger partial charge >= 0.3 is 0 Å². The summed E-state index contributed by atoms with van der Waals surface area (Å²) in [6.45, 7) is 4.27. The minimum absolute atomic E-state index is 0.0901. The van der Waals surface area contributed by atoms with Gasteiger partial charge in [0.15, 0.2) is 0 Å². The van der Waals surface area contributed by atoms with Crippen LogP contribution in [0.4, 0.5) is 5.69 Å². The van der Waals surface area contributed by atoms with Crippen molar-refractivity contribution in [2.24, 2.45) is 0 Å². The van der Waals surface area contributed by atoms with Crippen molar-refractivity contribution in [2.75, 3.05) is 31.6 Å². The zero-order valence-corrected chi connectivity index (χ0v) is 18.9. The van der Waals surface area contributed by atoms with Crippen molar-refractivity contribution in [3.05, 3.63) is 95.1 Å². The maximum Gasteiger partial charge on any atom is 0.256 e. The Bertz CT molecular complexity index is 1070. The average Bonchev–Trinajstić information content (AvgIpc) is 2.84. The number of aryl methyl sites for hydroxylation is 1. The molecule has 0 saturated carbocycles. The second-order valence-electron chi connectivity index (χ2n) is 7.70. The fraction of sp³-hybridized carbons (Fsp3) is 0.231. The van der Waals surface area contributed by atoms with E-state index in [-0.39, 0.29) is 11.8 Å². The van der Waals surface area contributed by atoms with Crippen molar-refractivity contribution < 1.29 is 14.3 Å². The Labute approximate surface area is 192 Å². The molecule has 0 atom stereocenters. The van der Waals surface area contributed by atoms with E-state index in [9.17, 15) is 9.59 Å². The van der Waals surface area contributed by atoms with Gasteiger partial charge in [-0.25, -0.2) is 0 Å². The Hall–Kier alpha value is -3.09. The standard InChI is InChI=1S/C26H26N2O3S/c1-19-6-12-22(13-7-19)32-18-20-8-10-21(11-9-20)25(29)27-24-5-3-2-4-23(24)26(30)28-14-16-31-17-15-28/h2-13H,14-18H2,1H3,(H,27,29). The molecule has 164 valence electrons. The third-order valence-corrected chi connectivity index (χ3v) is 6.43. The lowest BCUT2D eigenvalue weighted by Crippen LogP contribution is -2.41. The minimum atomic E-state index is -0.232. The van der Waals surface area contributed by atoms with Crippen LogP contribution in [0.5, 0.6) is 0 Å². The number of rotatable bonds is 6. The van der Waals surface area contributed by atoms with Gasteiger partial charge in [-0.2, -0.15) is 0 Å². The summed E-state index contributed by atoms with van der Waals surface area (Å²) in [5.41, 5.74) is 3.97. The number of ether oxygens (including phenoxy) is 1. The SMILES string of the molecule is Cc1ccc(SCc2ccc(C(=O)Nc3ccccc3C(=O)N3CCOCC3)cc2)cc1. The molecule has 0 bridgehead atoms. The van der Waals surface area contributed by atoms with Crippen LogP contribution in [0.2, 0.25) is 0 Å². The number of carbonyl (C=O) groups excluding carboxylic acids is 2. The number of nitrogens with one attached hydrogen (secondary N) is 1. The first-order chi connectivity index (χ1) is 15.6. The maximum atomic E-state index is 12.9. The Morgan fingerprint density at radius 3 is 2.34 bits per heavy atom. The van der Waals surface area contributed by atoms with Gasteiger partial charge in [-0.05, 0) is 48.9 Å². The smallest absolute Gasteiger partial charge is 0.256 e. The Balaban J connectivity index is 1.39. The second kappa shape index (κ2) is 10.5. The number of amides is 2. The number of nitrogens with zero attached hydrogens (tertiary/aromatic N) is 1. The summed E-state index contributed by atoms with van der Waals surface area (Å²) in [6, 6.07) is 23.2. The molecular formula is C26H26N2O3S. The zero-order valence-electron chi connectivity index (χ0n) is 18.0. The number of anilines is 1. The van der Waals surface area contributed by atoms with Crippen LogP contribution in [0.25, 0.3) is 0 Å². The third-order valence-electron chi connectivity index (χ3n) is 5.35. The van der Waals surface area contributed by atoms with E-state index in [0.717, 1.165) is 11.3 Å². The molecule has 3 aromatic carbocycles. The highest BCUT2D eigenvalue weighted by Gasteiger charge is 2.21. The second-order valence-corrected chi connectivity index (χ2v) is 8.75. The number of hydrogen-bond acceptors (Lipinski definition) is 4. The molecule has 0 aromatic heterocycles. The summed E-state index contributed by atoms with van der Waals surface area (Å²) >= 11 is 1.77. The molecule has 0 spiro atoms. The Kier molecular flexibility index (Phi) is 7.24. The van der Waals surface area contributed by atoms with Crippen molar-refractivity contribution in [3.8, 4) is 0 Å². The van der Waals surface area contributed by atoms with E-state index < -0.39 is 0 Å². The molecule has 1 heterocycles. The van der Waals surface area contributed by atoms with Crippen LogP contribution in [0, 0.1) is 6.92 Å². The molecule has 2 amide bonds. The van der Waals surface area contributed by atoms with E-state index in [1.807, 2.05) is 36.4 Å². The van der Waals surface area contributed by atoms with Gasteiger partial charge in [0.25, 0.3) is 11.8 Å². The first-order valence-electron chi connectivity index (χ1n) is 10.7. The van der Waals surface area contributed by atoms with Gasteiger partial charge in [-0.1, -0.05) is 42.0 Å². The van der Waals surface area contributed by atoms with Gasteiger partial charge in [0.1, 0.15) is 0 Å². The van der Waals surface area contributed by atoms with E-state index in [4.69, 9.17) is 4.74 Å². The van der Waals surface area contributed by atoms with Gasteiger partial charge in [-0.15, -0.1) is 11.8 Å². The lowest BCUT2D eigenvalue weighted by Gasteiger charge is -2.27. The summed E-state index contributed by atoms with van der Waals surface area (Å²) < 4.78 is 5.33. The Morgan fingerprint density at radius 2 is 1.62 bits per heavy atom. The molecule has 1 aliphatic rings. The molecule has 1 aliphatic heterocycles. The van der Waals surface area contributed by atoms with Crippen LogP contribution >= 0.6 is 11.8 Å². The fourth-order valence-electron chi connectivity index (χ4n) is 3.46. The first kappa shape index (κ1) is 22.1. The monoisotopic (exact) mass is 446 g/mol. The van der Waals surface area contributed by atoms with Gasteiger partial charge in [0.05, 0.1) is 24.5 Å². The topological polar surface area (TPSA) is 58.6 Å². The van der Waals surface area contributed by atoms with E-state index >= 15 is 0 Å².